The van der Waals surface area contributed by atoms with Gasteiger partial charge < -0.3 is 9.64 Å². The molecule has 0 saturated carbocycles. The number of nitrogens with zero attached hydrogens (tertiary/aromatic N) is 4. The quantitative estimate of drug-likeness (QED) is 0.602. The van der Waals surface area contributed by atoms with Crippen LogP contribution in [0.5, 0.6) is 0 Å². The fraction of sp³-hybridized carbons (Fsp3) is 0.391. The molecule has 2 aromatic heterocycles. The van der Waals surface area contributed by atoms with Crippen LogP contribution < -0.4 is 0 Å². The number of hydrogen-bond acceptors (Lipinski definition) is 5. The van der Waals surface area contributed by atoms with E-state index in [0.717, 1.165) is 31.5 Å². The van der Waals surface area contributed by atoms with Gasteiger partial charge in [0.15, 0.2) is 11.8 Å². The number of esters is 1. The van der Waals surface area contributed by atoms with Crippen molar-refractivity contribution >= 4 is 22.9 Å². The lowest BCUT2D eigenvalue weighted by Crippen LogP contribution is -2.38. The van der Waals surface area contributed by atoms with E-state index < -0.39 is 12.1 Å². The van der Waals surface area contributed by atoms with Gasteiger partial charge in [-0.1, -0.05) is 30.3 Å². The van der Waals surface area contributed by atoms with Crippen molar-refractivity contribution in [3.05, 3.63) is 48.2 Å². The van der Waals surface area contributed by atoms with Crippen molar-refractivity contribution in [2.24, 2.45) is 0 Å². The van der Waals surface area contributed by atoms with Gasteiger partial charge in [0.05, 0.1) is 22.8 Å². The van der Waals surface area contributed by atoms with Crippen molar-refractivity contribution in [1.29, 1.82) is 0 Å². The first-order chi connectivity index (χ1) is 14.5. The van der Waals surface area contributed by atoms with E-state index in [9.17, 15) is 9.59 Å². The second kappa shape index (κ2) is 8.26. The zero-order valence-electron chi connectivity index (χ0n) is 17.5. The van der Waals surface area contributed by atoms with Gasteiger partial charge in [0, 0.05) is 24.7 Å². The highest BCUT2D eigenvalue weighted by Crippen LogP contribution is 2.27. The molecule has 3 heterocycles. The molecule has 1 aliphatic rings. The van der Waals surface area contributed by atoms with E-state index in [0.29, 0.717) is 22.3 Å². The van der Waals surface area contributed by atoms with Crippen molar-refractivity contribution in [2.45, 2.75) is 45.8 Å². The highest BCUT2D eigenvalue weighted by Gasteiger charge is 2.28. The van der Waals surface area contributed by atoms with Crippen LogP contribution in [0.1, 0.15) is 50.0 Å². The molecule has 0 aliphatic carbocycles. The minimum Gasteiger partial charge on any atom is -0.449 e. The lowest BCUT2D eigenvalue weighted by atomic mass is 10.1. The first-order valence-corrected chi connectivity index (χ1v) is 10.4. The average Bonchev–Trinajstić information content (AvgIpc) is 3.43. The number of carbonyl (C=O) groups excluding carboxylic acids is 2. The monoisotopic (exact) mass is 406 g/mol. The standard InChI is InChI=1S/C23H26N4O3/c1-15(2)27-21-19(14-24-27)18(13-20(25-21)17-9-5-4-6-10-17)23(29)30-16(3)22(28)26-11-7-8-12-26/h4-6,9-10,13-16H,7-8,11-12H2,1-3H3/t16-/m1/s1. The van der Waals surface area contributed by atoms with E-state index in [1.165, 1.54) is 0 Å². The first kappa shape index (κ1) is 20.1. The summed E-state index contributed by atoms with van der Waals surface area (Å²) in [5, 5.41) is 5.04. The topological polar surface area (TPSA) is 77.3 Å². The van der Waals surface area contributed by atoms with E-state index >= 15 is 0 Å². The molecule has 7 heteroatoms. The van der Waals surface area contributed by atoms with Crippen LogP contribution in [0.4, 0.5) is 0 Å². The maximum atomic E-state index is 13.1. The number of rotatable bonds is 5. The van der Waals surface area contributed by atoms with E-state index in [4.69, 9.17) is 9.72 Å². The van der Waals surface area contributed by atoms with Gasteiger partial charge in [0.25, 0.3) is 5.91 Å². The van der Waals surface area contributed by atoms with Crippen molar-refractivity contribution < 1.29 is 14.3 Å². The summed E-state index contributed by atoms with van der Waals surface area (Å²) in [4.78, 5) is 32.2. The molecule has 1 amide bonds. The minimum absolute atomic E-state index is 0.0839. The Bertz CT molecular complexity index is 1070. The molecule has 30 heavy (non-hydrogen) atoms. The van der Waals surface area contributed by atoms with E-state index in [-0.39, 0.29) is 11.9 Å². The normalized spacial score (nSPS) is 15.0. The number of fused-ring (bicyclic) bond motifs is 1. The van der Waals surface area contributed by atoms with Crippen LogP contribution in [-0.4, -0.2) is 50.7 Å². The maximum absolute atomic E-state index is 13.1. The minimum atomic E-state index is -0.834. The molecule has 0 radical (unpaired) electrons. The third-order valence-electron chi connectivity index (χ3n) is 5.39. The Kier molecular flexibility index (Phi) is 5.53. The van der Waals surface area contributed by atoms with E-state index in [1.54, 1.807) is 28.8 Å². The summed E-state index contributed by atoms with van der Waals surface area (Å²) in [6.45, 7) is 7.10. The molecule has 0 N–H and O–H groups in total. The average molecular weight is 406 g/mol. The second-order valence-corrected chi connectivity index (χ2v) is 7.92. The van der Waals surface area contributed by atoms with Crippen molar-refractivity contribution in [2.75, 3.05) is 13.1 Å². The smallest absolute Gasteiger partial charge is 0.339 e. The fourth-order valence-electron chi connectivity index (χ4n) is 3.79. The number of hydrogen-bond donors (Lipinski definition) is 0. The first-order valence-electron chi connectivity index (χ1n) is 10.4. The molecule has 7 nitrogen and oxygen atoms in total. The largest absolute Gasteiger partial charge is 0.449 e. The Morgan fingerprint density at radius 3 is 2.43 bits per heavy atom. The summed E-state index contributed by atoms with van der Waals surface area (Å²) in [6, 6.07) is 11.5. The van der Waals surface area contributed by atoms with Gasteiger partial charge in [-0.3, -0.25) is 4.79 Å². The van der Waals surface area contributed by atoms with E-state index in [1.807, 2.05) is 44.2 Å². The number of pyridine rings is 1. The lowest BCUT2D eigenvalue weighted by Gasteiger charge is -2.20. The Labute approximate surface area is 175 Å². The molecule has 156 valence electrons. The van der Waals surface area contributed by atoms with Crippen LogP contribution in [0.15, 0.2) is 42.6 Å². The highest BCUT2D eigenvalue weighted by molar-refractivity contribution is 6.04. The fourth-order valence-corrected chi connectivity index (χ4v) is 3.79. The SMILES string of the molecule is CC(C)n1ncc2c(C(=O)O[C@H](C)C(=O)N3CCCC3)cc(-c3ccccc3)nc21. The van der Waals surface area contributed by atoms with Gasteiger partial charge in [0.2, 0.25) is 0 Å². The molecule has 3 aromatic rings. The molecule has 0 bridgehead atoms. The summed E-state index contributed by atoms with van der Waals surface area (Å²) < 4.78 is 7.37. The molecule has 1 aromatic carbocycles. The third-order valence-corrected chi connectivity index (χ3v) is 5.39. The number of ether oxygens (including phenoxy) is 1. The van der Waals surface area contributed by atoms with Gasteiger partial charge >= 0.3 is 5.97 Å². The summed E-state index contributed by atoms with van der Waals surface area (Å²) in [5.74, 6) is -0.685. The number of carbonyl (C=O) groups is 2. The Balaban J connectivity index is 1.71. The van der Waals surface area contributed by atoms with Gasteiger partial charge in [-0.15, -0.1) is 0 Å². The molecule has 1 atom stereocenters. The summed E-state index contributed by atoms with van der Waals surface area (Å²) in [5.41, 5.74) is 2.55. The Morgan fingerprint density at radius 2 is 1.77 bits per heavy atom. The van der Waals surface area contributed by atoms with Crippen molar-refractivity contribution in [3.8, 4) is 11.3 Å². The Hall–Kier alpha value is -3.22. The molecular formula is C23H26N4O3. The number of likely N-dealkylation sites (tertiary alicyclic amines) is 1. The predicted molar refractivity (Wildman–Crippen MR) is 114 cm³/mol. The maximum Gasteiger partial charge on any atom is 0.339 e. The zero-order valence-corrected chi connectivity index (χ0v) is 17.5. The number of amides is 1. The predicted octanol–water partition coefficient (Wildman–Crippen LogP) is 3.85. The van der Waals surface area contributed by atoms with Gasteiger partial charge in [0.1, 0.15) is 0 Å². The Morgan fingerprint density at radius 1 is 1.07 bits per heavy atom. The number of aromatic nitrogens is 3. The van der Waals surface area contributed by atoms with Gasteiger partial charge in [-0.05, 0) is 39.7 Å². The zero-order chi connectivity index (χ0) is 21.3. The van der Waals surface area contributed by atoms with Crippen LogP contribution in [0.2, 0.25) is 0 Å². The molecule has 1 fully saturated rings. The van der Waals surface area contributed by atoms with Crippen molar-refractivity contribution in [1.82, 2.24) is 19.7 Å². The van der Waals surface area contributed by atoms with Crippen LogP contribution in [0.25, 0.3) is 22.3 Å². The molecule has 1 aliphatic heterocycles. The van der Waals surface area contributed by atoms with Crippen molar-refractivity contribution in [3.63, 3.8) is 0 Å². The molecule has 0 unspecified atom stereocenters. The highest BCUT2D eigenvalue weighted by atomic mass is 16.5. The van der Waals surface area contributed by atoms with Crippen LogP contribution in [0, 0.1) is 0 Å². The lowest BCUT2D eigenvalue weighted by molar-refractivity contribution is -0.138. The summed E-state index contributed by atoms with van der Waals surface area (Å²) in [7, 11) is 0. The van der Waals surface area contributed by atoms with Crippen LogP contribution in [0.3, 0.4) is 0 Å². The van der Waals surface area contributed by atoms with Crippen LogP contribution >= 0.6 is 0 Å². The van der Waals surface area contributed by atoms with Crippen LogP contribution in [-0.2, 0) is 9.53 Å². The van der Waals surface area contributed by atoms with Gasteiger partial charge in [-0.25, -0.2) is 14.5 Å². The molecule has 4 rings (SSSR count). The van der Waals surface area contributed by atoms with Gasteiger partial charge in [-0.2, -0.15) is 5.10 Å². The second-order valence-electron chi connectivity index (χ2n) is 7.92. The summed E-state index contributed by atoms with van der Waals surface area (Å²) in [6.07, 6.45) is 2.79. The summed E-state index contributed by atoms with van der Waals surface area (Å²) >= 11 is 0. The third kappa shape index (κ3) is 3.79. The van der Waals surface area contributed by atoms with E-state index in [2.05, 4.69) is 5.10 Å². The molecule has 1 saturated heterocycles. The number of benzene rings is 1. The molecule has 0 spiro atoms. The molecular weight excluding hydrogens is 380 g/mol.